The molecule has 1 atom stereocenters. The molecule has 2 aromatic carbocycles. The lowest BCUT2D eigenvalue weighted by atomic mass is 9.79. The number of rotatable bonds is 4. The third-order valence-electron chi connectivity index (χ3n) is 6.71. The zero-order chi connectivity index (χ0) is 24.8. The smallest absolute Gasteiger partial charge is 0.329 e. The van der Waals surface area contributed by atoms with Gasteiger partial charge in [0.05, 0.1) is 0 Å². The molecule has 7 nitrogen and oxygen atoms in total. The molecule has 34 heavy (non-hydrogen) atoms. The first-order valence-electron chi connectivity index (χ1n) is 11.2. The summed E-state index contributed by atoms with van der Waals surface area (Å²) in [6.07, 6.45) is 2.71. The number of hydrogen-bond donors (Lipinski definition) is 2. The third kappa shape index (κ3) is 4.53. The van der Waals surface area contributed by atoms with Crippen LogP contribution in [0.25, 0.3) is 6.08 Å². The molecule has 1 fully saturated rings. The molecule has 0 aromatic heterocycles. The topological polar surface area (TPSA) is 81.8 Å². The van der Waals surface area contributed by atoms with Crippen molar-refractivity contribution in [2.75, 3.05) is 23.8 Å². The molecule has 0 radical (unpaired) electrons. The van der Waals surface area contributed by atoms with Crippen molar-refractivity contribution in [1.29, 1.82) is 0 Å². The number of fused-ring (bicyclic) bond motifs is 1. The average molecular weight is 481 g/mol. The van der Waals surface area contributed by atoms with E-state index in [0.29, 0.717) is 16.6 Å². The van der Waals surface area contributed by atoms with Gasteiger partial charge in [-0.25, -0.2) is 9.69 Å². The zero-order valence-electron chi connectivity index (χ0n) is 20.0. The zero-order valence-corrected chi connectivity index (χ0v) is 20.8. The summed E-state index contributed by atoms with van der Waals surface area (Å²) < 4.78 is 0. The molecule has 2 aliphatic heterocycles. The first kappa shape index (κ1) is 23.8. The van der Waals surface area contributed by atoms with Crippen LogP contribution in [0.3, 0.4) is 0 Å². The van der Waals surface area contributed by atoms with Crippen LogP contribution in [0.5, 0.6) is 0 Å². The first-order chi connectivity index (χ1) is 16.0. The van der Waals surface area contributed by atoms with Gasteiger partial charge in [-0.15, -0.1) is 0 Å². The van der Waals surface area contributed by atoms with E-state index in [1.54, 1.807) is 30.3 Å². The summed E-state index contributed by atoms with van der Waals surface area (Å²) in [6, 6.07) is 10.2. The number of amides is 4. The van der Waals surface area contributed by atoms with Crippen LogP contribution >= 0.6 is 11.6 Å². The largest absolute Gasteiger partial charge is 0.369 e. The van der Waals surface area contributed by atoms with Gasteiger partial charge >= 0.3 is 6.03 Å². The molecule has 0 saturated carbocycles. The van der Waals surface area contributed by atoms with E-state index in [4.69, 9.17) is 11.6 Å². The van der Waals surface area contributed by atoms with Crippen LogP contribution in [-0.4, -0.2) is 41.9 Å². The summed E-state index contributed by atoms with van der Waals surface area (Å²) >= 11 is 5.86. The molecule has 8 heteroatoms. The molecule has 2 N–H and O–H groups in total. The Hall–Kier alpha value is -3.32. The fraction of sp³-hybridized carbons (Fsp3) is 0.346. The van der Waals surface area contributed by atoms with Gasteiger partial charge in [0.2, 0.25) is 5.91 Å². The van der Waals surface area contributed by atoms with Crippen molar-refractivity contribution in [1.82, 2.24) is 10.2 Å². The van der Waals surface area contributed by atoms with Crippen LogP contribution in [0, 0.1) is 6.92 Å². The molecular formula is C26H29ClN4O3. The number of imide groups is 1. The molecule has 0 aliphatic carbocycles. The predicted octanol–water partition coefficient (Wildman–Crippen LogP) is 4.90. The predicted molar refractivity (Wildman–Crippen MR) is 135 cm³/mol. The molecule has 2 heterocycles. The minimum absolute atomic E-state index is 0.0569. The summed E-state index contributed by atoms with van der Waals surface area (Å²) in [5, 5.41) is 5.82. The van der Waals surface area contributed by atoms with Crippen molar-refractivity contribution in [2.45, 2.75) is 45.6 Å². The second-order valence-electron chi connectivity index (χ2n) is 9.68. The second-order valence-corrected chi connectivity index (χ2v) is 10.1. The Morgan fingerprint density at radius 3 is 2.59 bits per heavy atom. The number of nitrogens with one attached hydrogen (secondary N) is 2. The Morgan fingerprint density at radius 1 is 1.24 bits per heavy atom. The number of carbonyl (C=O) groups is 3. The second kappa shape index (κ2) is 8.80. The minimum Gasteiger partial charge on any atom is -0.369 e. The highest BCUT2D eigenvalue weighted by Crippen LogP contribution is 2.43. The van der Waals surface area contributed by atoms with E-state index in [2.05, 4.69) is 55.5 Å². The highest BCUT2D eigenvalue weighted by Gasteiger charge is 2.36. The van der Waals surface area contributed by atoms with Gasteiger partial charge in [0.15, 0.2) is 0 Å². The maximum absolute atomic E-state index is 12.9. The lowest BCUT2D eigenvalue weighted by molar-refractivity contribution is -0.127. The van der Waals surface area contributed by atoms with Gasteiger partial charge < -0.3 is 15.5 Å². The fourth-order valence-electron chi connectivity index (χ4n) is 4.64. The summed E-state index contributed by atoms with van der Waals surface area (Å²) in [5.41, 5.74) is 5.02. The number of urea groups is 1. The number of hydrogen-bond acceptors (Lipinski definition) is 4. The van der Waals surface area contributed by atoms with Crippen molar-refractivity contribution in [3.63, 3.8) is 0 Å². The Bertz CT molecular complexity index is 1200. The first-order valence-corrected chi connectivity index (χ1v) is 11.6. The van der Waals surface area contributed by atoms with Crippen LogP contribution in [0.4, 0.5) is 16.2 Å². The van der Waals surface area contributed by atoms with Gasteiger partial charge in [-0.3, -0.25) is 9.59 Å². The van der Waals surface area contributed by atoms with Gasteiger partial charge in [0.1, 0.15) is 12.2 Å². The molecule has 2 aromatic rings. The summed E-state index contributed by atoms with van der Waals surface area (Å²) in [5.74, 6) is -0.642. The number of nitrogens with zero attached hydrogens (tertiary/aromatic N) is 2. The van der Waals surface area contributed by atoms with Gasteiger partial charge in [-0.05, 0) is 92.3 Å². The Labute approximate surface area is 204 Å². The Balaban J connectivity index is 1.54. The lowest BCUT2D eigenvalue weighted by Gasteiger charge is -2.45. The quantitative estimate of drug-likeness (QED) is 0.481. The van der Waals surface area contributed by atoms with Gasteiger partial charge in [-0.2, -0.15) is 0 Å². The number of halogens is 1. The molecule has 1 unspecified atom stereocenters. The van der Waals surface area contributed by atoms with Crippen molar-refractivity contribution in [3.05, 3.63) is 63.8 Å². The number of benzene rings is 2. The van der Waals surface area contributed by atoms with Crippen molar-refractivity contribution >= 4 is 46.9 Å². The van der Waals surface area contributed by atoms with E-state index in [9.17, 15) is 14.4 Å². The monoisotopic (exact) mass is 480 g/mol. The molecule has 4 amide bonds. The standard InChI is InChI=1S/C26H29ClN4O3/c1-15-10-22-20(16(2)13-26(3,4)30(22)5)11-17(15)12-21-24(33)31(25(34)29-21)14-23(32)28-19-8-6-18(27)7-9-19/h6-12,16H,13-14H2,1-5H3,(H,28,32)(H,29,34)/b21-12-. The van der Waals surface area contributed by atoms with E-state index in [1.165, 1.54) is 11.3 Å². The van der Waals surface area contributed by atoms with Crippen LogP contribution < -0.4 is 15.5 Å². The Morgan fingerprint density at radius 2 is 1.91 bits per heavy atom. The van der Waals surface area contributed by atoms with E-state index in [1.807, 2.05) is 6.92 Å². The highest BCUT2D eigenvalue weighted by molar-refractivity contribution is 6.30. The van der Waals surface area contributed by atoms with Crippen molar-refractivity contribution < 1.29 is 14.4 Å². The van der Waals surface area contributed by atoms with E-state index < -0.39 is 17.8 Å². The van der Waals surface area contributed by atoms with Gasteiger partial charge in [-0.1, -0.05) is 18.5 Å². The summed E-state index contributed by atoms with van der Waals surface area (Å²) in [4.78, 5) is 41.0. The lowest BCUT2D eigenvalue weighted by Crippen LogP contribution is -2.45. The van der Waals surface area contributed by atoms with Gasteiger partial charge in [0.25, 0.3) is 5.91 Å². The molecule has 178 valence electrons. The van der Waals surface area contributed by atoms with Crippen LogP contribution in [-0.2, 0) is 9.59 Å². The molecule has 0 spiro atoms. The minimum atomic E-state index is -0.618. The summed E-state index contributed by atoms with van der Waals surface area (Å²) in [6.45, 7) is 8.30. The maximum atomic E-state index is 12.9. The van der Waals surface area contributed by atoms with E-state index >= 15 is 0 Å². The number of anilines is 2. The maximum Gasteiger partial charge on any atom is 0.329 e. The number of carbonyl (C=O) groups excluding carboxylic acids is 3. The Kier molecular flexibility index (Phi) is 6.16. The summed E-state index contributed by atoms with van der Waals surface area (Å²) in [7, 11) is 2.11. The average Bonchev–Trinajstić information content (AvgIpc) is 3.02. The molecule has 1 saturated heterocycles. The molecule has 0 bridgehead atoms. The number of aryl methyl sites for hydroxylation is 1. The molecular weight excluding hydrogens is 452 g/mol. The third-order valence-corrected chi connectivity index (χ3v) is 6.97. The fourth-order valence-corrected chi connectivity index (χ4v) is 4.76. The van der Waals surface area contributed by atoms with Crippen LogP contribution in [0.1, 0.15) is 49.8 Å². The normalized spacial score (nSPS) is 20.4. The van der Waals surface area contributed by atoms with Crippen molar-refractivity contribution in [3.8, 4) is 0 Å². The van der Waals surface area contributed by atoms with E-state index in [0.717, 1.165) is 22.4 Å². The van der Waals surface area contributed by atoms with Crippen LogP contribution in [0.2, 0.25) is 5.02 Å². The SMILES string of the molecule is Cc1cc2c(cc1/C=C1\NC(=O)N(CC(=O)Nc3ccc(Cl)cc3)C1=O)C(C)CC(C)(C)N2C. The molecule has 2 aliphatic rings. The van der Waals surface area contributed by atoms with Crippen LogP contribution in [0.15, 0.2) is 42.1 Å². The molecule has 4 rings (SSSR count). The highest BCUT2D eigenvalue weighted by atomic mass is 35.5. The van der Waals surface area contributed by atoms with Crippen molar-refractivity contribution in [2.24, 2.45) is 0 Å². The van der Waals surface area contributed by atoms with Gasteiger partial charge in [0, 0.05) is 29.0 Å². The van der Waals surface area contributed by atoms with E-state index in [-0.39, 0.29) is 17.8 Å².